The van der Waals surface area contributed by atoms with Crippen LogP contribution in [0.25, 0.3) is 11.1 Å². The first-order valence-corrected chi connectivity index (χ1v) is 7.54. The zero-order valence-corrected chi connectivity index (χ0v) is 14.7. The number of aromatic nitrogens is 2. The third-order valence-electron chi connectivity index (χ3n) is 3.07. The highest BCUT2D eigenvalue weighted by Gasteiger charge is 2.32. The molecule has 0 amide bonds. The van der Waals surface area contributed by atoms with E-state index in [1.54, 1.807) is 17.1 Å². The molecule has 0 saturated heterocycles. The number of alkyl halides is 3. The molecule has 140 valence electrons. The van der Waals surface area contributed by atoms with Crippen molar-refractivity contribution < 1.29 is 22.6 Å². The van der Waals surface area contributed by atoms with Crippen LogP contribution in [-0.2, 0) is 6.54 Å². The van der Waals surface area contributed by atoms with Gasteiger partial charge in [0.15, 0.2) is 11.5 Å². The molecule has 0 saturated carbocycles. The Morgan fingerprint density at radius 2 is 1.92 bits per heavy atom. The molecule has 0 unspecified atom stereocenters. The highest BCUT2D eigenvalue weighted by Crippen LogP contribution is 2.36. The van der Waals surface area contributed by atoms with Crippen molar-refractivity contribution in [2.75, 3.05) is 13.2 Å². The molecular formula is C16H21ClF3N3O2. The Bertz CT molecular complexity index is 675. The number of ether oxygens (including phenoxy) is 2. The van der Waals surface area contributed by atoms with E-state index in [0.717, 1.165) is 5.56 Å². The fourth-order valence-electron chi connectivity index (χ4n) is 2.03. The minimum Gasteiger partial charge on any atom is -0.489 e. The molecule has 0 spiro atoms. The summed E-state index contributed by atoms with van der Waals surface area (Å²) in [4.78, 5) is 0. The van der Waals surface area contributed by atoms with Gasteiger partial charge in [0.05, 0.1) is 19.3 Å². The number of nitrogens with two attached hydrogens (primary N) is 1. The summed E-state index contributed by atoms with van der Waals surface area (Å²) >= 11 is 0. The van der Waals surface area contributed by atoms with Crippen LogP contribution in [0.15, 0.2) is 30.6 Å². The second-order valence-electron chi connectivity index (χ2n) is 5.69. The van der Waals surface area contributed by atoms with Crippen molar-refractivity contribution in [2.45, 2.75) is 26.8 Å². The molecule has 0 bridgehead atoms. The smallest absolute Gasteiger partial charge is 0.489 e. The number of nitrogens with zero attached hydrogens (tertiary/aromatic N) is 2. The lowest BCUT2D eigenvalue weighted by molar-refractivity contribution is -0.275. The first-order valence-electron chi connectivity index (χ1n) is 7.54. The molecule has 0 aliphatic rings. The van der Waals surface area contributed by atoms with E-state index in [0.29, 0.717) is 18.7 Å². The van der Waals surface area contributed by atoms with Gasteiger partial charge in [0.25, 0.3) is 0 Å². The molecule has 0 aliphatic carbocycles. The molecule has 0 aliphatic heterocycles. The lowest BCUT2D eigenvalue weighted by Gasteiger charge is -2.16. The molecule has 2 aromatic rings. The van der Waals surface area contributed by atoms with Crippen LogP contribution >= 0.6 is 12.4 Å². The van der Waals surface area contributed by atoms with Gasteiger partial charge in [-0.05, 0) is 23.6 Å². The largest absolute Gasteiger partial charge is 0.573 e. The average molecular weight is 380 g/mol. The normalized spacial score (nSPS) is 11.3. The van der Waals surface area contributed by atoms with Crippen molar-refractivity contribution in [2.24, 2.45) is 11.7 Å². The third-order valence-corrected chi connectivity index (χ3v) is 3.07. The Morgan fingerprint density at radius 3 is 2.52 bits per heavy atom. The number of benzene rings is 1. The predicted octanol–water partition coefficient (Wildman–Crippen LogP) is 3.86. The highest BCUT2D eigenvalue weighted by atomic mass is 35.5. The fourth-order valence-corrected chi connectivity index (χ4v) is 2.03. The second kappa shape index (κ2) is 8.96. The fraction of sp³-hybridized carbons (Fsp3) is 0.438. The summed E-state index contributed by atoms with van der Waals surface area (Å²) in [5.74, 6) is -0.147. The van der Waals surface area contributed by atoms with Crippen molar-refractivity contribution in [1.82, 2.24) is 9.78 Å². The van der Waals surface area contributed by atoms with E-state index >= 15 is 0 Å². The van der Waals surface area contributed by atoms with Crippen molar-refractivity contribution >= 4 is 12.4 Å². The van der Waals surface area contributed by atoms with E-state index in [9.17, 15) is 13.2 Å². The Hall–Kier alpha value is -1.93. The maximum absolute atomic E-state index is 12.5. The number of hydrogen-bond acceptors (Lipinski definition) is 4. The van der Waals surface area contributed by atoms with Crippen LogP contribution in [0.3, 0.4) is 0 Å². The van der Waals surface area contributed by atoms with Crippen molar-refractivity contribution in [3.05, 3.63) is 30.6 Å². The standard InChI is InChI=1S/C16H20F3N3O2.ClH/c1-11(2)10-23-15-7-12(3-4-14(15)24-16(17,18)19)13-8-21-22(9-13)6-5-20;/h3-4,7-9,11H,5-6,10,20H2,1-2H3;1H. The Labute approximate surface area is 150 Å². The molecular weight excluding hydrogens is 359 g/mol. The topological polar surface area (TPSA) is 62.3 Å². The van der Waals surface area contributed by atoms with Gasteiger partial charge in [-0.15, -0.1) is 25.6 Å². The van der Waals surface area contributed by atoms with E-state index in [2.05, 4.69) is 9.84 Å². The molecule has 0 atom stereocenters. The number of rotatable bonds is 7. The maximum Gasteiger partial charge on any atom is 0.573 e. The SMILES string of the molecule is CC(C)COc1cc(-c2cnn(CCN)c2)ccc1OC(F)(F)F.Cl. The monoisotopic (exact) mass is 379 g/mol. The van der Waals surface area contributed by atoms with Crippen molar-refractivity contribution in [3.63, 3.8) is 0 Å². The van der Waals surface area contributed by atoms with E-state index in [1.165, 1.54) is 18.2 Å². The van der Waals surface area contributed by atoms with Crippen LogP contribution < -0.4 is 15.2 Å². The minimum atomic E-state index is -4.77. The predicted molar refractivity (Wildman–Crippen MR) is 91.0 cm³/mol. The first kappa shape index (κ1) is 21.1. The molecule has 9 heteroatoms. The Morgan fingerprint density at radius 1 is 1.20 bits per heavy atom. The maximum atomic E-state index is 12.5. The molecule has 0 fully saturated rings. The minimum absolute atomic E-state index is 0. The second-order valence-corrected chi connectivity index (χ2v) is 5.69. The summed E-state index contributed by atoms with van der Waals surface area (Å²) in [6, 6.07) is 4.30. The summed E-state index contributed by atoms with van der Waals surface area (Å²) in [6.07, 6.45) is -1.37. The van der Waals surface area contributed by atoms with Gasteiger partial charge in [0.1, 0.15) is 0 Å². The zero-order chi connectivity index (χ0) is 17.7. The summed E-state index contributed by atoms with van der Waals surface area (Å²) in [5.41, 5.74) is 6.92. The van der Waals surface area contributed by atoms with Crippen LogP contribution in [0, 0.1) is 5.92 Å². The Kier molecular flexibility index (Phi) is 7.57. The molecule has 2 rings (SSSR count). The molecule has 1 heterocycles. The van der Waals surface area contributed by atoms with Gasteiger partial charge in [-0.25, -0.2) is 0 Å². The van der Waals surface area contributed by atoms with Gasteiger partial charge in [-0.2, -0.15) is 5.10 Å². The number of hydrogen-bond donors (Lipinski definition) is 1. The van der Waals surface area contributed by atoms with Gasteiger partial charge < -0.3 is 15.2 Å². The summed E-state index contributed by atoms with van der Waals surface area (Å²) < 4.78 is 48.8. The van der Waals surface area contributed by atoms with E-state index in [1.807, 2.05) is 13.8 Å². The van der Waals surface area contributed by atoms with Gasteiger partial charge in [0.2, 0.25) is 0 Å². The van der Waals surface area contributed by atoms with Crippen LogP contribution in [0.4, 0.5) is 13.2 Å². The molecule has 2 N–H and O–H groups in total. The molecule has 1 aromatic heterocycles. The lowest BCUT2D eigenvalue weighted by atomic mass is 10.1. The zero-order valence-electron chi connectivity index (χ0n) is 13.9. The Balaban J connectivity index is 0.00000312. The summed E-state index contributed by atoms with van der Waals surface area (Å²) in [5, 5.41) is 4.15. The lowest BCUT2D eigenvalue weighted by Crippen LogP contribution is -2.18. The van der Waals surface area contributed by atoms with Gasteiger partial charge in [0, 0.05) is 18.3 Å². The summed E-state index contributed by atoms with van der Waals surface area (Å²) in [7, 11) is 0. The quantitative estimate of drug-likeness (QED) is 0.793. The molecule has 1 aromatic carbocycles. The van der Waals surface area contributed by atoms with Crippen molar-refractivity contribution in [1.29, 1.82) is 0 Å². The van der Waals surface area contributed by atoms with Crippen LogP contribution in [-0.4, -0.2) is 29.3 Å². The first-order chi connectivity index (χ1) is 11.3. The molecule has 5 nitrogen and oxygen atoms in total. The van der Waals surface area contributed by atoms with Gasteiger partial charge in [-0.1, -0.05) is 19.9 Å². The third kappa shape index (κ3) is 6.47. The van der Waals surface area contributed by atoms with Crippen molar-refractivity contribution in [3.8, 4) is 22.6 Å². The van der Waals surface area contributed by atoms with E-state index in [-0.39, 0.29) is 36.4 Å². The van der Waals surface area contributed by atoms with E-state index in [4.69, 9.17) is 10.5 Å². The van der Waals surface area contributed by atoms with Crippen LogP contribution in [0.5, 0.6) is 11.5 Å². The van der Waals surface area contributed by atoms with E-state index < -0.39 is 6.36 Å². The van der Waals surface area contributed by atoms with Gasteiger partial charge >= 0.3 is 6.36 Å². The molecule has 25 heavy (non-hydrogen) atoms. The highest BCUT2D eigenvalue weighted by molar-refractivity contribution is 5.85. The van der Waals surface area contributed by atoms with Crippen LogP contribution in [0.2, 0.25) is 0 Å². The van der Waals surface area contributed by atoms with Gasteiger partial charge in [-0.3, -0.25) is 4.68 Å². The molecule has 0 radical (unpaired) electrons. The number of halogens is 4. The van der Waals surface area contributed by atoms with Crippen LogP contribution in [0.1, 0.15) is 13.8 Å². The average Bonchev–Trinajstić information content (AvgIpc) is 2.93. The summed E-state index contributed by atoms with van der Waals surface area (Å²) in [6.45, 7) is 5.11.